The van der Waals surface area contributed by atoms with Crippen molar-refractivity contribution in [2.75, 3.05) is 38.2 Å². The third-order valence-electron chi connectivity index (χ3n) is 5.67. The fraction of sp³-hybridized carbons (Fsp3) is 0.381. The van der Waals surface area contributed by atoms with Gasteiger partial charge in [0.25, 0.3) is 5.69 Å². The van der Waals surface area contributed by atoms with E-state index in [9.17, 15) is 14.9 Å². The molecule has 32 heavy (non-hydrogen) atoms. The second-order valence-electron chi connectivity index (χ2n) is 7.56. The van der Waals surface area contributed by atoms with Crippen LogP contribution in [-0.4, -0.2) is 63.8 Å². The monoisotopic (exact) mass is 550 g/mol. The van der Waals surface area contributed by atoms with Gasteiger partial charge in [-0.05, 0) is 13.0 Å². The van der Waals surface area contributed by atoms with Gasteiger partial charge >= 0.3 is 0 Å². The standard InChI is InChI=1S/C21H23IN6O4/c1-14-18-9-17(28(30)31)12-23-21(18)27(24-14)13-20(29)26-7-5-25(6-8-26)16-4-3-15(11-22)19(10-16)32-2/h3-4,9-10,12H,5-8,11,13H2,1-2H3. The summed E-state index contributed by atoms with van der Waals surface area (Å²) in [5, 5.41) is 16.0. The first-order chi connectivity index (χ1) is 15.4. The van der Waals surface area contributed by atoms with Gasteiger partial charge in [-0.25, -0.2) is 9.67 Å². The molecular formula is C21H23IN6O4. The number of halogens is 1. The van der Waals surface area contributed by atoms with E-state index >= 15 is 0 Å². The normalized spacial score (nSPS) is 14.1. The number of nitrogens with zero attached hydrogens (tertiary/aromatic N) is 6. The minimum absolute atomic E-state index is 0.0489. The molecule has 1 aliphatic heterocycles. The number of aromatic nitrogens is 3. The van der Waals surface area contributed by atoms with Crippen LogP contribution < -0.4 is 9.64 Å². The number of anilines is 1. The summed E-state index contributed by atoms with van der Waals surface area (Å²) in [7, 11) is 1.68. The second-order valence-corrected chi connectivity index (χ2v) is 8.33. The predicted octanol–water partition coefficient (Wildman–Crippen LogP) is 2.94. The van der Waals surface area contributed by atoms with Gasteiger partial charge < -0.3 is 14.5 Å². The molecule has 0 spiro atoms. The number of fused-ring (bicyclic) bond motifs is 1. The first-order valence-electron chi connectivity index (χ1n) is 10.1. The number of carbonyl (C=O) groups is 1. The number of piperazine rings is 1. The van der Waals surface area contributed by atoms with Crippen molar-refractivity contribution in [1.82, 2.24) is 19.7 Å². The maximum absolute atomic E-state index is 12.9. The highest BCUT2D eigenvalue weighted by Crippen LogP contribution is 2.28. The van der Waals surface area contributed by atoms with Crippen LogP contribution in [0.1, 0.15) is 11.3 Å². The van der Waals surface area contributed by atoms with E-state index in [1.807, 2.05) is 4.90 Å². The van der Waals surface area contributed by atoms with Crippen LogP contribution in [0.3, 0.4) is 0 Å². The average Bonchev–Trinajstić information content (AvgIpc) is 3.13. The van der Waals surface area contributed by atoms with E-state index in [0.717, 1.165) is 34.5 Å². The van der Waals surface area contributed by atoms with Crippen LogP contribution in [0.5, 0.6) is 5.75 Å². The molecule has 0 bridgehead atoms. The Morgan fingerprint density at radius 2 is 2.00 bits per heavy atom. The lowest BCUT2D eigenvalue weighted by Gasteiger charge is -2.36. The van der Waals surface area contributed by atoms with E-state index in [1.165, 1.54) is 16.9 Å². The van der Waals surface area contributed by atoms with Crippen LogP contribution >= 0.6 is 22.6 Å². The molecule has 2 aromatic heterocycles. The number of methoxy groups -OCH3 is 1. The molecule has 3 aromatic rings. The van der Waals surface area contributed by atoms with E-state index in [2.05, 4.69) is 55.8 Å². The number of carbonyl (C=O) groups excluding carboxylic acids is 1. The number of rotatable bonds is 6. The number of alkyl halides is 1. The van der Waals surface area contributed by atoms with Crippen LogP contribution in [0.15, 0.2) is 30.5 Å². The molecule has 0 radical (unpaired) electrons. The van der Waals surface area contributed by atoms with Crippen LogP contribution in [0.2, 0.25) is 0 Å². The number of nitro groups is 1. The Hall–Kier alpha value is -2.96. The van der Waals surface area contributed by atoms with Gasteiger partial charge in [-0.3, -0.25) is 14.9 Å². The number of hydrogen-bond donors (Lipinski definition) is 0. The molecule has 0 aliphatic carbocycles. The van der Waals surface area contributed by atoms with Gasteiger partial charge in [0.1, 0.15) is 18.5 Å². The number of benzene rings is 1. The molecule has 4 rings (SSSR count). The van der Waals surface area contributed by atoms with Gasteiger partial charge in [0, 0.05) is 59.4 Å². The van der Waals surface area contributed by atoms with Gasteiger partial charge in [-0.15, -0.1) is 0 Å². The van der Waals surface area contributed by atoms with Crippen molar-refractivity contribution in [1.29, 1.82) is 0 Å². The highest BCUT2D eigenvalue weighted by atomic mass is 127. The van der Waals surface area contributed by atoms with E-state index in [1.54, 1.807) is 14.0 Å². The molecule has 11 heteroatoms. The largest absolute Gasteiger partial charge is 0.496 e. The predicted molar refractivity (Wildman–Crippen MR) is 128 cm³/mol. The number of ether oxygens (including phenoxy) is 1. The Labute approximate surface area is 198 Å². The Bertz CT molecular complexity index is 1170. The van der Waals surface area contributed by atoms with Gasteiger partial charge in [-0.1, -0.05) is 28.7 Å². The quantitative estimate of drug-likeness (QED) is 0.201. The average molecular weight is 550 g/mol. The molecule has 0 unspecified atom stereocenters. The molecule has 1 aromatic carbocycles. The van der Waals surface area contributed by atoms with E-state index in [0.29, 0.717) is 29.8 Å². The summed E-state index contributed by atoms with van der Waals surface area (Å²) in [6, 6.07) is 7.68. The first kappa shape index (κ1) is 22.2. The summed E-state index contributed by atoms with van der Waals surface area (Å²) in [4.78, 5) is 31.7. The van der Waals surface area contributed by atoms with Crippen LogP contribution in [0.25, 0.3) is 11.0 Å². The molecule has 1 aliphatic rings. The number of pyridine rings is 1. The molecule has 1 amide bonds. The van der Waals surface area contributed by atoms with Crippen LogP contribution in [-0.2, 0) is 15.8 Å². The lowest BCUT2D eigenvalue weighted by atomic mass is 10.1. The summed E-state index contributed by atoms with van der Waals surface area (Å²) in [5.74, 6) is 0.830. The highest BCUT2D eigenvalue weighted by molar-refractivity contribution is 14.1. The topological polar surface area (TPSA) is 107 Å². The van der Waals surface area contributed by atoms with Crippen molar-refractivity contribution in [3.8, 4) is 5.75 Å². The number of amides is 1. The first-order valence-corrected chi connectivity index (χ1v) is 11.7. The molecule has 1 saturated heterocycles. The number of hydrogen-bond acceptors (Lipinski definition) is 7. The Balaban J connectivity index is 1.43. The van der Waals surface area contributed by atoms with Crippen molar-refractivity contribution < 1.29 is 14.5 Å². The Kier molecular flexibility index (Phi) is 6.44. The van der Waals surface area contributed by atoms with Crippen molar-refractivity contribution in [2.45, 2.75) is 17.9 Å². The number of aryl methyl sites for hydroxylation is 1. The minimum Gasteiger partial charge on any atom is -0.496 e. The van der Waals surface area contributed by atoms with E-state index in [-0.39, 0.29) is 18.1 Å². The highest BCUT2D eigenvalue weighted by Gasteiger charge is 2.24. The van der Waals surface area contributed by atoms with Crippen molar-refractivity contribution in [3.63, 3.8) is 0 Å². The minimum atomic E-state index is -0.487. The van der Waals surface area contributed by atoms with Crippen LogP contribution in [0.4, 0.5) is 11.4 Å². The van der Waals surface area contributed by atoms with Gasteiger partial charge in [0.2, 0.25) is 5.91 Å². The molecular weight excluding hydrogens is 527 g/mol. The van der Waals surface area contributed by atoms with E-state index in [4.69, 9.17) is 4.74 Å². The maximum Gasteiger partial charge on any atom is 0.288 e. The zero-order valence-corrected chi connectivity index (χ0v) is 20.0. The third-order valence-corrected chi connectivity index (χ3v) is 6.49. The second kappa shape index (κ2) is 9.27. The van der Waals surface area contributed by atoms with E-state index < -0.39 is 4.92 Å². The lowest BCUT2D eigenvalue weighted by Crippen LogP contribution is -2.49. The van der Waals surface area contributed by atoms with Crippen molar-refractivity contribution in [2.24, 2.45) is 0 Å². The Morgan fingerprint density at radius 3 is 2.66 bits per heavy atom. The molecule has 3 heterocycles. The molecule has 0 saturated carbocycles. The zero-order valence-electron chi connectivity index (χ0n) is 17.8. The summed E-state index contributed by atoms with van der Waals surface area (Å²) in [5.41, 5.74) is 3.24. The lowest BCUT2D eigenvalue weighted by molar-refractivity contribution is -0.385. The Morgan fingerprint density at radius 1 is 1.25 bits per heavy atom. The molecule has 168 valence electrons. The van der Waals surface area contributed by atoms with Crippen LogP contribution in [0, 0.1) is 17.0 Å². The fourth-order valence-corrected chi connectivity index (χ4v) is 4.52. The third kappa shape index (κ3) is 4.33. The van der Waals surface area contributed by atoms with Crippen molar-refractivity contribution in [3.05, 3.63) is 51.8 Å². The van der Waals surface area contributed by atoms with Gasteiger partial charge in [-0.2, -0.15) is 5.10 Å². The van der Waals surface area contributed by atoms with Crippen molar-refractivity contribution >= 4 is 50.9 Å². The zero-order chi connectivity index (χ0) is 22.8. The molecule has 0 N–H and O–H groups in total. The summed E-state index contributed by atoms with van der Waals surface area (Å²) < 4.78 is 7.91. The summed E-state index contributed by atoms with van der Waals surface area (Å²) in [6.45, 7) is 4.46. The molecule has 0 atom stereocenters. The molecule has 1 fully saturated rings. The smallest absolute Gasteiger partial charge is 0.288 e. The maximum atomic E-state index is 12.9. The fourth-order valence-electron chi connectivity index (χ4n) is 3.89. The van der Waals surface area contributed by atoms with Gasteiger partial charge in [0.15, 0.2) is 5.65 Å². The summed E-state index contributed by atoms with van der Waals surface area (Å²) >= 11 is 2.32. The molecule has 10 nitrogen and oxygen atoms in total. The SMILES string of the molecule is COc1cc(N2CCN(C(=O)Cn3nc(C)c4cc([N+](=O)[O-])cnc43)CC2)ccc1CI. The van der Waals surface area contributed by atoms with Gasteiger partial charge in [0.05, 0.1) is 17.7 Å². The summed E-state index contributed by atoms with van der Waals surface area (Å²) in [6.07, 6.45) is 1.20.